The predicted molar refractivity (Wildman–Crippen MR) is 86.6 cm³/mol. The van der Waals surface area contributed by atoms with Gasteiger partial charge in [0.05, 0.1) is 16.2 Å². The van der Waals surface area contributed by atoms with Crippen molar-refractivity contribution in [3.8, 4) is 11.3 Å². The number of halogens is 5. The summed E-state index contributed by atoms with van der Waals surface area (Å²) in [6.07, 6.45) is -4.57. The van der Waals surface area contributed by atoms with E-state index in [-0.39, 0.29) is 5.02 Å². The second-order valence-electron chi connectivity index (χ2n) is 5.47. The third-order valence-electron chi connectivity index (χ3n) is 3.24. The van der Waals surface area contributed by atoms with Crippen LogP contribution in [0.5, 0.6) is 0 Å². The summed E-state index contributed by atoms with van der Waals surface area (Å²) in [6.45, 7) is 0. The highest BCUT2D eigenvalue weighted by Crippen LogP contribution is 2.37. The van der Waals surface area contributed by atoms with E-state index in [9.17, 15) is 32.3 Å². The third kappa shape index (κ3) is 4.11. The highest BCUT2D eigenvalue weighted by Gasteiger charge is 2.44. The molecule has 0 spiro atoms. The first kappa shape index (κ1) is 20.4. The van der Waals surface area contributed by atoms with Gasteiger partial charge in [-0.15, -0.1) is 0 Å². The summed E-state index contributed by atoms with van der Waals surface area (Å²) >= 11 is 5.86. The van der Waals surface area contributed by atoms with Crippen molar-refractivity contribution in [2.24, 2.45) is 0 Å². The van der Waals surface area contributed by atoms with Crippen LogP contribution in [0.3, 0.4) is 0 Å². The lowest BCUT2D eigenvalue weighted by atomic mass is 10.00. The molecular formula is C16H11ClF4N2O4. The number of carboxylic acid groups (broad SMARTS) is 1. The Hall–Kier alpha value is -2.88. The Morgan fingerprint density at radius 1 is 1.30 bits per heavy atom. The summed E-state index contributed by atoms with van der Waals surface area (Å²) in [5.41, 5.74) is -3.14. The van der Waals surface area contributed by atoms with E-state index < -0.39 is 51.9 Å². The molecule has 1 aromatic carbocycles. The normalized spacial score (nSPS) is 12.2. The number of hydrogen-bond acceptors (Lipinski definition) is 5. The Morgan fingerprint density at radius 2 is 1.93 bits per heavy atom. The first-order chi connectivity index (χ1) is 12.4. The Kier molecular flexibility index (Phi) is 5.59. The molecule has 0 aliphatic carbocycles. The molecule has 2 aromatic rings. The number of hydrogen-bond donors (Lipinski definition) is 1. The van der Waals surface area contributed by atoms with Crippen molar-refractivity contribution in [1.29, 1.82) is 0 Å². The molecule has 0 fully saturated rings. The first-order valence-corrected chi connectivity index (χ1v) is 7.50. The number of allylic oxidation sites excluding steroid dienone is 1. The molecule has 0 unspecified atom stereocenters. The maximum Gasteiger partial charge on any atom is 0.455 e. The van der Waals surface area contributed by atoms with Crippen LogP contribution in [0.25, 0.3) is 16.8 Å². The molecular weight excluding hydrogens is 396 g/mol. The Balaban J connectivity index is 2.80. The van der Waals surface area contributed by atoms with Gasteiger partial charge in [0, 0.05) is 20.3 Å². The summed E-state index contributed by atoms with van der Waals surface area (Å²) in [5.74, 6) is -6.06. The lowest BCUT2D eigenvalue weighted by molar-refractivity contribution is -0.164. The van der Waals surface area contributed by atoms with Crippen LogP contribution in [0, 0.1) is 5.82 Å². The molecule has 11 heteroatoms. The van der Waals surface area contributed by atoms with Crippen molar-refractivity contribution in [3.05, 3.63) is 46.6 Å². The van der Waals surface area contributed by atoms with E-state index in [2.05, 4.69) is 5.16 Å². The van der Waals surface area contributed by atoms with Crippen molar-refractivity contribution in [2.45, 2.75) is 6.18 Å². The molecule has 0 saturated carbocycles. The number of carbonyl (C=O) groups excluding carboxylic acids is 1. The lowest BCUT2D eigenvalue weighted by Crippen LogP contribution is -2.25. The fraction of sp³-hybridized carbons (Fsp3) is 0.188. The fourth-order valence-electron chi connectivity index (χ4n) is 2.20. The molecule has 0 aliphatic rings. The highest BCUT2D eigenvalue weighted by molar-refractivity contribution is 6.33. The maximum absolute atomic E-state index is 14.1. The molecule has 1 heterocycles. The van der Waals surface area contributed by atoms with Gasteiger partial charge in [-0.1, -0.05) is 22.8 Å². The first-order valence-electron chi connectivity index (χ1n) is 7.12. The van der Waals surface area contributed by atoms with E-state index in [1.807, 2.05) is 0 Å². The number of Topliss-reactive ketones (excluding diaryl/α,β-unsaturated/α-hetero) is 1. The standard InChI is InChI=1S/C16H11ClF4N2O4/c1-23(2)6-7(14(24)16(19,20)21)13-11(15(25)26)12(22-27-13)10-8(17)4-3-5-9(10)18/h3-6H,1-2H3,(H,25,26)/b7-6-. The molecule has 0 saturated heterocycles. The number of alkyl halides is 3. The van der Waals surface area contributed by atoms with Gasteiger partial charge in [0.15, 0.2) is 5.76 Å². The second kappa shape index (κ2) is 7.39. The number of carbonyl (C=O) groups is 2. The minimum Gasteiger partial charge on any atom is -0.477 e. The van der Waals surface area contributed by atoms with Crippen molar-refractivity contribution < 1.29 is 36.8 Å². The molecule has 0 bridgehead atoms. The van der Waals surface area contributed by atoms with Gasteiger partial charge in [-0.05, 0) is 12.1 Å². The molecule has 144 valence electrons. The van der Waals surface area contributed by atoms with Crippen molar-refractivity contribution in [3.63, 3.8) is 0 Å². The van der Waals surface area contributed by atoms with Crippen LogP contribution < -0.4 is 0 Å². The monoisotopic (exact) mass is 406 g/mol. The Morgan fingerprint density at radius 3 is 2.41 bits per heavy atom. The quantitative estimate of drug-likeness (QED) is 0.599. The molecule has 2 rings (SSSR count). The van der Waals surface area contributed by atoms with Gasteiger partial charge >= 0.3 is 12.1 Å². The highest BCUT2D eigenvalue weighted by atomic mass is 35.5. The molecule has 0 atom stereocenters. The molecule has 6 nitrogen and oxygen atoms in total. The smallest absolute Gasteiger partial charge is 0.455 e. The molecule has 1 aromatic heterocycles. The number of ketones is 1. The van der Waals surface area contributed by atoms with Crippen LogP contribution >= 0.6 is 11.6 Å². The minimum absolute atomic E-state index is 0.238. The van der Waals surface area contributed by atoms with E-state index in [4.69, 9.17) is 16.1 Å². The minimum atomic E-state index is -5.31. The van der Waals surface area contributed by atoms with Gasteiger partial charge in [0.25, 0.3) is 5.78 Å². The Labute approximate surface area is 154 Å². The summed E-state index contributed by atoms with van der Waals surface area (Å²) in [7, 11) is 2.63. The zero-order valence-corrected chi connectivity index (χ0v) is 14.5. The van der Waals surface area contributed by atoms with Crippen LogP contribution in [-0.4, -0.2) is 47.2 Å². The molecule has 27 heavy (non-hydrogen) atoms. The van der Waals surface area contributed by atoms with E-state index in [0.29, 0.717) is 0 Å². The number of rotatable bonds is 5. The second-order valence-corrected chi connectivity index (χ2v) is 5.88. The topological polar surface area (TPSA) is 83.6 Å². The SMILES string of the molecule is CN(C)/C=C(\C(=O)C(F)(F)F)c1onc(-c2c(F)cccc2Cl)c1C(=O)O. The van der Waals surface area contributed by atoms with Gasteiger partial charge in [-0.3, -0.25) is 4.79 Å². The Bertz CT molecular complexity index is 915. The van der Waals surface area contributed by atoms with E-state index >= 15 is 0 Å². The summed E-state index contributed by atoms with van der Waals surface area (Å²) in [5, 5.41) is 12.6. The fourth-order valence-corrected chi connectivity index (χ4v) is 2.45. The average molecular weight is 407 g/mol. The van der Waals surface area contributed by atoms with Gasteiger partial charge in [0.1, 0.15) is 17.1 Å². The molecule has 0 aliphatic heterocycles. The van der Waals surface area contributed by atoms with Crippen LogP contribution in [0.4, 0.5) is 17.6 Å². The molecule has 0 amide bonds. The van der Waals surface area contributed by atoms with Crippen LogP contribution in [-0.2, 0) is 4.79 Å². The average Bonchev–Trinajstić information content (AvgIpc) is 2.95. The lowest BCUT2D eigenvalue weighted by Gasteiger charge is -2.11. The van der Waals surface area contributed by atoms with E-state index in [0.717, 1.165) is 17.2 Å². The summed E-state index contributed by atoms with van der Waals surface area (Å²) in [6, 6.07) is 3.43. The van der Waals surface area contributed by atoms with Crippen molar-refractivity contribution in [2.75, 3.05) is 14.1 Å². The number of aromatic carboxylic acids is 1. The predicted octanol–water partition coefficient (Wildman–Crippen LogP) is 3.87. The zero-order chi connectivity index (χ0) is 20.5. The van der Waals surface area contributed by atoms with Gasteiger partial charge in [0.2, 0.25) is 0 Å². The molecule has 0 radical (unpaired) electrons. The van der Waals surface area contributed by atoms with E-state index in [1.54, 1.807) is 0 Å². The third-order valence-corrected chi connectivity index (χ3v) is 3.55. The summed E-state index contributed by atoms with van der Waals surface area (Å²) < 4.78 is 57.6. The van der Waals surface area contributed by atoms with Gasteiger partial charge in [-0.25, -0.2) is 9.18 Å². The van der Waals surface area contributed by atoms with Crippen LogP contribution in [0.15, 0.2) is 28.9 Å². The number of carboxylic acids is 1. The largest absolute Gasteiger partial charge is 0.477 e. The van der Waals surface area contributed by atoms with Crippen LogP contribution in [0.2, 0.25) is 5.02 Å². The number of nitrogens with zero attached hydrogens (tertiary/aromatic N) is 2. The summed E-state index contributed by atoms with van der Waals surface area (Å²) in [4.78, 5) is 24.5. The van der Waals surface area contributed by atoms with Crippen molar-refractivity contribution >= 4 is 28.9 Å². The maximum atomic E-state index is 14.1. The number of aromatic nitrogens is 1. The van der Waals surface area contributed by atoms with Gasteiger partial charge in [-0.2, -0.15) is 13.2 Å². The van der Waals surface area contributed by atoms with Crippen molar-refractivity contribution in [1.82, 2.24) is 10.1 Å². The van der Waals surface area contributed by atoms with E-state index in [1.165, 1.54) is 26.2 Å². The number of benzene rings is 1. The van der Waals surface area contributed by atoms with Crippen LogP contribution in [0.1, 0.15) is 16.1 Å². The van der Waals surface area contributed by atoms with Gasteiger partial charge < -0.3 is 14.5 Å². The molecule has 1 N–H and O–H groups in total. The zero-order valence-electron chi connectivity index (χ0n) is 13.8.